The van der Waals surface area contributed by atoms with Gasteiger partial charge in [-0.2, -0.15) is 0 Å². The van der Waals surface area contributed by atoms with Crippen LogP contribution in [0.1, 0.15) is 11.3 Å². The molecule has 0 aliphatic carbocycles. The van der Waals surface area contributed by atoms with Crippen molar-refractivity contribution in [2.45, 2.75) is 18.8 Å². The van der Waals surface area contributed by atoms with Gasteiger partial charge in [0.2, 0.25) is 0 Å². The molecule has 0 heterocycles. The van der Waals surface area contributed by atoms with Crippen molar-refractivity contribution < 1.29 is 5.11 Å². The lowest BCUT2D eigenvalue weighted by Gasteiger charge is -2.29. The summed E-state index contributed by atoms with van der Waals surface area (Å²) in [4.78, 5) is 0. The second kappa shape index (κ2) is 5.27. The minimum atomic E-state index is -1.93. The Bertz CT molecular complexity index is 508. The molecular formula is C15H17ClOSi. The van der Waals surface area contributed by atoms with E-state index in [4.69, 9.17) is 11.6 Å². The molecule has 2 rings (SSSR count). The van der Waals surface area contributed by atoms with Gasteiger partial charge in [-0.1, -0.05) is 72.3 Å². The van der Waals surface area contributed by atoms with Crippen LogP contribution in [0.2, 0.25) is 18.1 Å². The first-order valence-corrected chi connectivity index (χ1v) is 9.46. The van der Waals surface area contributed by atoms with Crippen molar-refractivity contribution >= 4 is 24.9 Å². The summed E-state index contributed by atoms with van der Waals surface area (Å²) in [5.41, 5.74) is 0.525. The zero-order chi connectivity index (χ0) is 13.2. The Labute approximate surface area is 114 Å². The van der Waals surface area contributed by atoms with Crippen LogP contribution in [0, 0.1) is 0 Å². The molecule has 0 saturated carbocycles. The lowest BCUT2D eigenvalue weighted by Crippen LogP contribution is -2.47. The van der Waals surface area contributed by atoms with Crippen LogP contribution in [0.15, 0.2) is 54.6 Å². The summed E-state index contributed by atoms with van der Waals surface area (Å²) in [6.45, 7) is 4.36. The second-order valence-electron chi connectivity index (χ2n) is 5.04. The summed E-state index contributed by atoms with van der Waals surface area (Å²) >= 11 is 5.88. The quantitative estimate of drug-likeness (QED) is 0.851. The number of benzene rings is 2. The SMILES string of the molecule is C[Si](C)(c1ccccc1)[C@H](O)c1ccc(Cl)cc1. The van der Waals surface area contributed by atoms with Crippen LogP contribution in [-0.2, 0) is 0 Å². The van der Waals surface area contributed by atoms with Gasteiger partial charge < -0.3 is 5.11 Å². The predicted molar refractivity (Wildman–Crippen MR) is 80.0 cm³/mol. The van der Waals surface area contributed by atoms with Gasteiger partial charge in [0.05, 0.1) is 5.73 Å². The first-order valence-electron chi connectivity index (χ1n) is 6.01. The zero-order valence-electron chi connectivity index (χ0n) is 10.6. The number of rotatable bonds is 3. The van der Waals surface area contributed by atoms with Gasteiger partial charge in [0.25, 0.3) is 0 Å². The average molecular weight is 277 g/mol. The van der Waals surface area contributed by atoms with Crippen LogP contribution in [0.25, 0.3) is 0 Å². The Morgan fingerprint density at radius 2 is 1.50 bits per heavy atom. The highest BCUT2D eigenvalue weighted by Gasteiger charge is 2.33. The predicted octanol–water partition coefficient (Wildman–Crippen LogP) is 3.53. The molecule has 0 spiro atoms. The van der Waals surface area contributed by atoms with Crippen molar-refractivity contribution in [1.82, 2.24) is 0 Å². The molecule has 3 heteroatoms. The van der Waals surface area contributed by atoms with Gasteiger partial charge in [-0.3, -0.25) is 0 Å². The fourth-order valence-corrected chi connectivity index (χ4v) is 4.61. The van der Waals surface area contributed by atoms with Crippen LogP contribution in [0.5, 0.6) is 0 Å². The molecule has 1 nitrogen and oxygen atoms in total. The standard InChI is InChI=1S/C15H17ClOSi/c1-18(2,14-6-4-3-5-7-14)15(17)12-8-10-13(16)11-9-12/h3-11,15,17H,1-2H3/t15-/m0/s1. The van der Waals surface area contributed by atoms with E-state index >= 15 is 0 Å². The van der Waals surface area contributed by atoms with Gasteiger partial charge in [0.15, 0.2) is 0 Å². The van der Waals surface area contributed by atoms with Crippen LogP contribution in [-0.4, -0.2) is 13.2 Å². The second-order valence-corrected chi connectivity index (χ2v) is 10.0. The van der Waals surface area contributed by atoms with E-state index < -0.39 is 13.8 Å². The minimum absolute atomic E-state index is 0.419. The summed E-state index contributed by atoms with van der Waals surface area (Å²) < 4.78 is 0. The number of hydrogen-bond acceptors (Lipinski definition) is 1. The van der Waals surface area contributed by atoms with E-state index in [1.165, 1.54) is 5.19 Å². The van der Waals surface area contributed by atoms with Gasteiger partial charge in [0, 0.05) is 5.02 Å². The van der Waals surface area contributed by atoms with E-state index in [1.54, 1.807) is 0 Å². The molecule has 0 bridgehead atoms. The van der Waals surface area contributed by atoms with E-state index in [-0.39, 0.29) is 0 Å². The summed E-state index contributed by atoms with van der Waals surface area (Å²) in [6.07, 6.45) is 0. The molecule has 0 unspecified atom stereocenters. The zero-order valence-corrected chi connectivity index (χ0v) is 12.4. The average Bonchev–Trinajstić information content (AvgIpc) is 2.40. The Kier molecular flexibility index (Phi) is 3.90. The van der Waals surface area contributed by atoms with E-state index in [1.807, 2.05) is 42.5 Å². The summed E-state index contributed by atoms with van der Waals surface area (Å²) in [5, 5.41) is 12.6. The van der Waals surface area contributed by atoms with Crippen LogP contribution in [0.4, 0.5) is 0 Å². The molecule has 2 aromatic carbocycles. The fraction of sp³-hybridized carbons (Fsp3) is 0.200. The summed E-state index contributed by atoms with van der Waals surface area (Å²) in [7, 11) is -1.93. The lowest BCUT2D eigenvalue weighted by atomic mass is 10.2. The molecular weight excluding hydrogens is 260 g/mol. The lowest BCUT2D eigenvalue weighted by molar-refractivity contribution is 0.251. The largest absolute Gasteiger partial charge is 0.392 e. The molecule has 18 heavy (non-hydrogen) atoms. The fourth-order valence-electron chi connectivity index (χ4n) is 2.09. The third-order valence-corrected chi connectivity index (χ3v) is 7.16. The van der Waals surface area contributed by atoms with Gasteiger partial charge in [0.1, 0.15) is 8.07 Å². The van der Waals surface area contributed by atoms with Gasteiger partial charge in [-0.25, -0.2) is 0 Å². The van der Waals surface area contributed by atoms with Crippen LogP contribution in [0.3, 0.4) is 0 Å². The molecule has 0 fully saturated rings. The van der Waals surface area contributed by atoms with Gasteiger partial charge >= 0.3 is 0 Å². The Balaban J connectivity index is 2.32. The minimum Gasteiger partial charge on any atom is -0.392 e. The van der Waals surface area contributed by atoms with E-state index in [2.05, 4.69) is 25.2 Å². The van der Waals surface area contributed by atoms with Gasteiger partial charge in [-0.15, -0.1) is 0 Å². The molecule has 0 radical (unpaired) electrons. The third kappa shape index (κ3) is 2.66. The van der Waals surface area contributed by atoms with Crippen molar-refractivity contribution in [3.05, 3.63) is 65.2 Å². The van der Waals surface area contributed by atoms with Crippen molar-refractivity contribution in [3.63, 3.8) is 0 Å². The number of aliphatic hydroxyl groups excluding tert-OH is 1. The first-order chi connectivity index (χ1) is 8.51. The molecule has 1 N–H and O–H groups in total. The Hall–Kier alpha value is -1.09. The molecule has 0 aliphatic rings. The normalized spacial score (nSPS) is 13.3. The molecule has 0 aliphatic heterocycles. The highest BCUT2D eigenvalue weighted by Crippen LogP contribution is 2.25. The van der Waals surface area contributed by atoms with Crippen molar-refractivity contribution in [1.29, 1.82) is 0 Å². The maximum atomic E-state index is 10.6. The maximum absolute atomic E-state index is 10.6. The van der Waals surface area contributed by atoms with E-state index in [9.17, 15) is 5.11 Å². The number of aliphatic hydroxyl groups is 1. The van der Waals surface area contributed by atoms with E-state index in [0.717, 1.165) is 5.56 Å². The molecule has 0 amide bonds. The Morgan fingerprint density at radius 1 is 0.944 bits per heavy atom. The summed E-state index contributed by atoms with van der Waals surface area (Å²) in [5.74, 6) is 0. The molecule has 1 atom stereocenters. The molecule has 0 saturated heterocycles. The number of hydrogen-bond donors (Lipinski definition) is 1. The van der Waals surface area contributed by atoms with Gasteiger partial charge in [-0.05, 0) is 17.7 Å². The molecule has 0 aromatic heterocycles. The molecule has 2 aromatic rings. The topological polar surface area (TPSA) is 20.2 Å². The summed E-state index contributed by atoms with van der Waals surface area (Å²) in [6, 6.07) is 17.7. The van der Waals surface area contributed by atoms with Crippen molar-refractivity contribution in [3.8, 4) is 0 Å². The molecule has 94 valence electrons. The smallest absolute Gasteiger partial charge is 0.118 e. The number of halogens is 1. The monoisotopic (exact) mass is 276 g/mol. The van der Waals surface area contributed by atoms with Crippen molar-refractivity contribution in [2.75, 3.05) is 0 Å². The highest BCUT2D eigenvalue weighted by atomic mass is 35.5. The van der Waals surface area contributed by atoms with E-state index in [0.29, 0.717) is 5.02 Å². The maximum Gasteiger partial charge on any atom is 0.118 e. The van der Waals surface area contributed by atoms with Crippen molar-refractivity contribution in [2.24, 2.45) is 0 Å². The Morgan fingerprint density at radius 3 is 2.06 bits per heavy atom. The highest BCUT2D eigenvalue weighted by molar-refractivity contribution is 6.90. The third-order valence-electron chi connectivity index (χ3n) is 3.39. The van der Waals surface area contributed by atoms with Crippen LogP contribution >= 0.6 is 11.6 Å². The van der Waals surface area contributed by atoms with Crippen LogP contribution < -0.4 is 5.19 Å². The first kappa shape index (κ1) is 13.3.